The summed E-state index contributed by atoms with van der Waals surface area (Å²) >= 11 is 3.27. The van der Waals surface area contributed by atoms with Crippen LogP contribution in [-0.4, -0.2) is 24.3 Å². The molecule has 120 valence electrons. The highest BCUT2D eigenvalue weighted by Crippen LogP contribution is 2.38. The highest BCUT2D eigenvalue weighted by atomic mass is 79.9. The zero-order valence-corrected chi connectivity index (χ0v) is 13.9. The molecule has 1 aliphatic rings. The van der Waals surface area contributed by atoms with Crippen LogP contribution < -0.4 is 9.80 Å². The van der Waals surface area contributed by atoms with Crippen molar-refractivity contribution in [3.8, 4) is 0 Å². The third kappa shape index (κ3) is 3.22. The molecule has 0 spiro atoms. The molecule has 0 radical (unpaired) electrons. The van der Waals surface area contributed by atoms with Gasteiger partial charge in [0.25, 0.3) is 0 Å². The fourth-order valence-corrected chi connectivity index (χ4v) is 3.09. The summed E-state index contributed by atoms with van der Waals surface area (Å²) in [5.41, 5.74) is 2.06. The fourth-order valence-electron chi connectivity index (χ4n) is 2.75. The Labute approximate surface area is 141 Å². The van der Waals surface area contributed by atoms with Gasteiger partial charge < -0.3 is 9.80 Å². The minimum Gasteiger partial charge on any atom is -0.338 e. The third-order valence-electron chi connectivity index (χ3n) is 3.81. The lowest BCUT2D eigenvalue weighted by molar-refractivity contribution is -0.118. The maximum atomic E-state index is 13.7. The average molecular weight is 381 g/mol. The van der Waals surface area contributed by atoms with E-state index in [-0.39, 0.29) is 17.5 Å². The van der Waals surface area contributed by atoms with Crippen molar-refractivity contribution in [3.63, 3.8) is 0 Å². The Kier molecular flexibility index (Phi) is 4.61. The van der Waals surface area contributed by atoms with Crippen LogP contribution in [0.1, 0.15) is 6.42 Å². The Morgan fingerprint density at radius 3 is 2.39 bits per heavy atom. The summed E-state index contributed by atoms with van der Waals surface area (Å²) in [6.07, 6.45) is 0.382. The first kappa shape index (κ1) is 15.9. The first-order valence-electron chi connectivity index (χ1n) is 7.29. The molecule has 0 N–H and O–H groups in total. The minimum atomic E-state index is -0.370. The molecule has 0 aromatic heterocycles. The molecule has 2 aromatic carbocycles. The summed E-state index contributed by atoms with van der Waals surface area (Å²) in [7, 11) is 0. The van der Waals surface area contributed by atoms with Crippen molar-refractivity contribution in [1.29, 1.82) is 0 Å². The first-order valence-corrected chi connectivity index (χ1v) is 8.41. The highest BCUT2D eigenvalue weighted by molar-refractivity contribution is 9.09. The van der Waals surface area contributed by atoms with Crippen LogP contribution in [0.2, 0.25) is 0 Å². The Morgan fingerprint density at radius 2 is 1.70 bits per heavy atom. The predicted molar refractivity (Wildman–Crippen MR) is 90.6 cm³/mol. The lowest BCUT2D eigenvalue weighted by Crippen LogP contribution is -2.42. The second kappa shape index (κ2) is 6.66. The van der Waals surface area contributed by atoms with Crippen LogP contribution in [0.5, 0.6) is 0 Å². The quantitative estimate of drug-likeness (QED) is 0.743. The van der Waals surface area contributed by atoms with E-state index in [2.05, 4.69) is 15.9 Å². The zero-order valence-electron chi connectivity index (χ0n) is 12.3. The summed E-state index contributed by atoms with van der Waals surface area (Å²) in [6, 6.07) is 10.4. The summed E-state index contributed by atoms with van der Waals surface area (Å²) in [5.74, 6) is -0.696. The van der Waals surface area contributed by atoms with Gasteiger partial charge in [-0.1, -0.05) is 15.9 Å². The maximum Gasteiger partial charge on any atom is 0.227 e. The Balaban J connectivity index is 2.02. The number of nitrogens with zero attached hydrogens (tertiary/aromatic N) is 2. The van der Waals surface area contributed by atoms with Gasteiger partial charge in [0.1, 0.15) is 11.6 Å². The van der Waals surface area contributed by atoms with Gasteiger partial charge in [-0.2, -0.15) is 0 Å². The van der Waals surface area contributed by atoms with Gasteiger partial charge in [0.05, 0.1) is 11.4 Å². The van der Waals surface area contributed by atoms with E-state index in [1.54, 1.807) is 23.1 Å². The molecule has 0 fully saturated rings. The molecule has 0 aliphatic carbocycles. The maximum absolute atomic E-state index is 13.7. The molecule has 0 saturated carbocycles. The molecule has 1 amide bonds. The summed E-state index contributed by atoms with van der Waals surface area (Å²) in [6.45, 7) is 1.03. The number of alkyl halides is 1. The van der Waals surface area contributed by atoms with Crippen molar-refractivity contribution in [2.75, 3.05) is 28.2 Å². The number of anilines is 3. The normalized spacial score (nSPS) is 13.9. The number of hydrogen-bond donors (Lipinski definition) is 0. The summed E-state index contributed by atoms with van der Waals surface area (Å²) in [4.78, 5) is 15.8. The number of rotatable bonds is 3. The smallest absolute Gasteiger partial charge is 0.227 e. The highest BCUT2D eigenvalue weighted by Gasteiger charge is 2.27. The standard InChI is InChI=1S/C17H15BrF2N2O/c18-8-7-17(23)22-10-9-21(14-4-1-12(19)2-5-14)16-11-13(20)3-6-15(16)22/h1-6,11H,7-10H2. The monoisotopic (exact) mass is 380 g/mol. The van der Waals surface area contributed by atoms with Crippen LogP contribution in [0.3, 0.4) is 0 Å². The molecular formula is C17H15BrF2N2O. The van der Waals surface area contributed by atoms with E-state index in [0.717, 1.165) is 5.69 Å². The van der Waals surface area contributed by atoms with Crippen LogP contribution in [0.25, 0.3) is 0 Å². The van der Waals surface area contributed by atoms with E-state index < -0.39 is 0 Å². The average Bonchev–Trinajstić information content (AvgIpc) is 2.55. The molecule has 3 rings (SSSR count). The first-order chi connectivity index (χ1) is 11.1. The fraction of sp³-hybridized carbons (Fsp3) is 0.235. The SMILES string of the molecule is O=C(CCBr)N1CCN(c2ccc(F)cc2)c2cc(F)ccc21. The number of carbonyl (C=O) groups is 1. The molecule has 0 atom stereocenters. The topological polar surface area (TPSA) is 23.6 Å². The third-order valence-corrected chi connectivity index (χ3v) is 4.21. The van der Waals surface area contributed by atoms with E-state index in [1.165, 1.54) is 24.3 Å². The van der Waals surface area contributed by atoms with Gasteiger partial charge in [-0.05, 0) is 42.5 Å². The summed E-state index contributed by atoms with van der Waals surface area (Å²) < 4.78 is 26.9. The molecule has 3 nitrogen and oxygen atoms in total. The largest absolute Gasteiger partial charge is 0.338 e. The van der Waals surface area contributed by atoms with Gasteiger partial charge in [0.2, 0.25) is 5.91 Å². The van der Waals surface area contributed by atoms with E-state index >= 15 is 0 Å². The van der Waals surface area contributed by atoms with Crippen LogP contribution in [0.4, 0.5) is 25.8 Å². The van der Waals surface area contributed by atoms with Crippen LogP contribution in [0.15, 0.2) is 42.5 Å². The van der Waals surface area contributed by atoms with Crippen LogP contribution >= 0.6 is 15.9 Å². The Morgan fingerprint density at radius 1 is 1.00 bits per heavy atom. The second-order valence-electron chi connectivity index (χ2n) is 5.25. The van der Waals surface area contributed by atoms with Gasteiger partial charge in [-0.15, -0.1) is 0 Å². The second-order valence-corrected chi connectivity index (χ2v) is 6.04. The van der Waals surface area contributed by atoms with Gasteiger partial charge in [-0.3, -0.25) is 4.79 Å². The molecule has 2 aromatic rings. The molecule has 1 heterocycles. The molecule has 6 heteroatoms. The summed E-state index contributed by atoms with van der Waals surface area (Å²) in [5, 5.41) is 0.584. The van der Waals surface area contributed by atoms with Crippen molar-refractivity contribution in [3.05, 3.63) is 54.1 Å². The number of halogens is 3. The van der Waals surface area contributed by atoms with Crippen LogP contribution in [-0.2, 0) is 4.79 Å². The van der Waals surface area contributed by atoms with Crippen LogP contribution in [0, 0.1) is 11.6 Å². The van der Waals surface area contributed by atoms with Crippen molar-refractivity contribution < 1.29 is 13.6 Å². The molecule has 23 heavy (non-hydrogen) atoms. The van der Waals surface area contributed by atoms with Crippen molar-refractivity contribution in [1.82, 2.24) is 0 Å². The van der Waals surface area contributed by atoms with E-state index in [1.807, 2.05) is 4.90 Å². The van der Waals surface area contributed by atoms with Gasteiger partial charge in [0.15, 0.2) is 0 Å². The predicted octanol–water partition coefficient (Wildman–Crippen LogP) is 4.23. The van der Waals surface area contributed by atoms with E-state index in [0.29, 0.717) is 36.2 Å². The molecule has 1 aliphatic heterocycles. The molecular weight excluding hydrogens is 366 g/mol. The van der Waals surface area contributed by atoms with Gasteiger partial charge in [-0.25, -0.2) is 8.78 Å². The van der Waals surface area contributed by atoms with Crippen molar-refractivity contribution in [2.24, 2.45) is 0 Å². The molecule has 0 saturated heterocycles. The molecule has 0 unspecified atom stereocenters. The Hall–Kier alpha value is -1.95. The van der Waals surface area contributed by atoms with Gasteiger partial charge in [0, 0.05) is 30.5 Å². The minimum absolute atomic E-state index is 0.00603. The number of amides is 1. The van der Waals surface area contributed by atoms with Gasteiger partial charge >= 0.3 is 0 Å². The number of hydrogen-bond acceptors (Lipinski definition) is 2. The number of fused-ring (bicyclic) bond motifs is 1. The number of carbonyl (C=O) groups excluding carboxylic acids is 1. The lowest BCUT2D eigenvalue weighted by atomic mass is 10.1. The number of benzene rings is 2. The van der Waals surface area contributed by atoms with Crippen molar-refractivity contribution >= 4 is 38.9 Å². The van der Waals surface area contributed by atoms with Crippen molar-refractivity contribution in [2.45, 2.75) is 6.42 Å². The zero-order chi connectivity index (χ0) is 16.4. The lowest BCUT2D eigenvalue weighted by Gasteiger charge is -2.37. The molecule has 0 bridgehead atoms. The van der Waals surface area contributed by atoms with E-state index in [9.17, 15) is 13.6 Å². The van der Waals surface area contributed by atoms with E-state index in [4.69, 9.17) is 0 Å². The Bertz CT molecular complexity index is 721.